The first-order chi connectivity index (χ1) is 11.2. The van der Waals surface area contributed by atoms with Crippen LogP contribution in [-0.2, 0) is 16.1 Å². The van der Waals surface area contributed by atoms with Gasteiger partial charge in [-0.15, -0.1) is 0 Å². The van der Waals surface area contributed by atoms with Gasteiger partial charge in [0.1, 0.15) is 11.9 Å². The summed E-state index contributed by atoms with van der Waals surface area (Å²) in [7, 11) is 0. The van der Waals surface area contributed by atoms with Gasteiger partial charge < -0.3 is 15.8 Å². The predicted octanol–water partition coefficient (Wildman–Crippen LogP) is 2.14. The molecule has 23 heavy (non-hydrogen) atoms. The Balaban J connectivity index is 1.65. The second kappa shape index (κ2) is 7.25. The second-order valence-corrected chi connectivity index (χ2v) is 6.47. The number of ether oxygens (including phenoxy) is 1. The smallest absolute Gasteiger partial charge is 0.254 e. The van der Waals surface area contributed by atoms with Crippen LogP contribution in [0.1, 0.15) is 18.4 Å². The minimum Gasteiger partial charge on any atom is -0.364 e. The number of hydrogen-bond acceptors (Lipinski definition) is 4. The van der Waals surface area contributed by atoms with E-state index in [0.717, 1.165) is 16.5 Å². The maximum Gasteiger partial charge on any atom is 0.254 e. The first kappa shape index (κ1) is 16.2. The van der Waals surface area contributed by atoms with E-state index in [1.54, 1.807) is 16.9 Å². The molecule has 0 spiro atoms. The SMILES string of the molecule is NC[C@H]1CC[C@@H](C(=O)Nc2ccnn2Cc2cccc(Br)c2)O1. The van der Waals surface area contributed by atoms with Crippen molar-refractivity contribution in [3.8, 4) is 0 Å². The van der Waals surface area contributed by atoms with Crippen molar-refractivity contribution in [1.82, 2.24) is 9.78 Å². The Morgan fingerprint density at radius 2 is 2.30 bits per heavy atom. The molecular weight excluding hydrogens is 360 g/mol. The van der Waals surface area contributed by atoms with Gasteiger partial charge in [-0.1, -0.05) is 28.1 Å². The number of amides is 1. The summed E-state index contributed by atoms with van der Waals surface area (Å²) in [6, 6.07) is 9.77. The lowest BCUT2D eigenvalue weighted by molar-refractivity contribution is -0.126. The van der Waals surface area contributed by atoms with Gasteiger partial charge in [0, 0.05) is 17.1 Å². The van der Waals surface area contributed by atoms with Crippen LogP contribution in [0.2, 0.25) is 0 Å². The highest BCUT2D eigenvalue weighted by atomic mass is 79.9. The standard InChI is InChI=1S/C16H19BrN4O2/c17-12-3-1-2-11(8-12)10-21-15(6-7-19-21)20-16(22)14-5-4-13(9-18)23-14/h1-3,6-8,13-14H,4-5,9-10,18H2,(H,20,22)/t13-,14+/m1/s1. The van der Waals surface area contributed by atoms with E-state index in [2.05, 4.69) is 26.3 Å². The quantitative estimate of drug-likeness (QED) is 0.834. The zero-order valence-corrected chi connectivity index (χ0v) is 14.2. The summed E-state index contributed by atoms with van der Waals surface area (Å²) in [4.78, 5) is 12.3. The molecule has 0 aliphatic carbocycles. The summed E-state index contributed by atoms with van der Waals surface area (Å²) in [5.41, 5.74) is 6.68. The van der Waals surface area contributed by atoms with Crippen molar-refractivity contribution in [2.24, 2.45) is 5.73 Å². The molecule has 0 saturated carbocycles. The van der Waals surface area contributed by atoms with Gasteiger partial charge in [-0.3, -0.25) is 4.79 Å². The number of anilines is 1. The van der Waals surface area contributed by atoms with Crippen LogP contribution in [0.15, 0.2) is 41.0 Å². The number of carbonyl (C=O) groups excluding carboxylic acids is 1. The average molecular weight is 379 g/mol. The molecule has 1 aromatic carbocycles. The Morgan fingerprint density at radius 3 is 3.04 bits per heavy atom. The van der Waals surface area contributed by atoms with E-state index in [1.807, 2.05) is 24.3 Å². The van der Waals surface area contributed by atoms with Gasteiger partial charge in [-0.25, -0.2) is 4.68 Å². The van der Waals surface area contributed by atoms with E-state index >= 15 is 0 Å². The molecule has 6 nitrogen and oxygen atoms in total. The van der Waals surface area contributed by atoms with Gasteiger partial charge >= 0.3 is 0 Å². The molecular formula is C16H19BrN4O2. The summed E-state index contributed by atoms with van der Waals surface area (Å²) < 4.78 is 8.39. The fourth-order valence-electron chi connectivity index (χ4n) is 2.65. The highest BCUT2D eigenvalue weighted by molar-refractivity contribution is 9.10. The number of halogens is 1. The van der Waals surface area contributed by atoms with Crippen LogP contribution in [0.3, 0.4) is 0 Å². The molecule has 1 saturated heterocycles. The Morgan fingerprint density at radius 1 is 1.43 bits per heavy atom. The van der Waals surface area contributed by atoms with Crippen molar-refractivity contribution in [3.63, 3.8) is 0 Å². The normalized spacial score (nSPS) is 20.6. The number of hydrogen-bond donors (Lipinski definition) is 2. The molecule has 0 unspecified atom stereocenters. The molecule has 1 aromatic heterocycles. The van der Waals surface area contributed by atoms with Crippen LogP contribution in [0.4, 0.5) is 5.82 Å². The third-order valence-electron chi connectivity index (χ3n) is 3.85. The number of nitrogens with zero attached hydrogens (tertiary/aromatic N) is 2. The van der Waals surface area contributed by atoms with Gasteiger partial charge in [0.15, 0.2) is 0 Å². The Hall–Kier alpha value is -1.70. The van der Waals surface area contributed by atoms with E-state index in [0.29, 0.717) is 25.3 Å². The lowest BCUT2D eigenvalue weighted by Crippen LogP contribution is -2.30. The van der Waals surface area contributed by atoms with Gasteiger partial charge in [0.25, 0.3) is 5.91 Å². The third-order valence-corrected chi connectivity index (χ3v) is 4.35. The lowest BCUT2D eigenvalue weighted by atomic mass is 10.2. The van der Waals surface area contributed by atoms with Crippen LogP contribution < -0.4 is 11.1 Å². The van der Waals surface area contributed by atoms with Gasteiger partial charge in [-0.05, 0) is 30.5 Å². The molecule has 0 bridgehead atoms. The molecule has 3 rings (SSSR count). The first-order valence-corrected chi connectivity index (χ1v) is 8.37. The molecule has 1 aliphatic heterocycles. The maximum absolute atomic E-state index is 12.3. The van der Waals surface area contributed by atoms with Crippen molar-refractivity contribution in [2.75, 3.05) is 11.9 Å². The average Bonchev–Trinajstić information content (AvgIpc) is 3.17. The van der Waals surface area contributed by atoms with E-state index in [9.17, 15) is 4.79 Å². The van der Waals surface area contributed by atoms with Crippen molar-refractivity contribution < 1.29 is 9.53 Å². The predicted molar refractivity (Wildman–Crippen MR) is 91.1 cm³/mol. The summed E-state index contributed by atoms with van der Waals surface area (Å²) in [5.74, 6) is 0.520. The summed E-state index contributed by atoms with van der Waals surface area (Å²) in [5, 5.41) is 7.17. The molecule has 1 aliphatic rings. The molecule has 0 radical (unpaired) electrons. The lowest BCUT2D eigenvalue weighted by Gasteiger charge is -2.14. The van der Waals surface area contributed by atoms with E-state index in [-0.39, 0.29) is 12.0 Å². The van der Waals surface area contributed by atoms with Crippen molar-refractivity contribution in [1.29, 1.82) is 0 Å². The minimum absolute atomic E-state index is 0.0164. The van der Waals surface area contributed by atoms with Crippen LogP contribution in [0.25, 0.3) is 0 Å². The summed E-state index contributed by atoms with van der Waals surface area (Å²) >= 11 is 3.46. The number of nitrogens with two attached hydrogens (primary N) is 1. The van der Waals surface area contributed by atoms with Gasteiger partial charge in [0.05, 0.1) is 18.8 Å². The summed E-state index contributed by atoms with van der Waals surface area (Å²) in [6.45, 7) is 1.03. The molecule has 122 valence electrons. The zero-order chi connectivity index (χ0) is 16.2. The monoisotopic (exact) mass is 378 g/mol. The first-order valence-electron chi connectivity index (χ1n) is 7.58. The summed E-state index contributed by atoms with van der Waals surface area (Å²) in [6.07, 6.45) is 2.75. The number of nitrogens with one attached hydrogen (secondary N) is 1. The number of rotatable bonds is 5. The Labute approximate surface area is 143 Å². The Bertz CT molecular complexity index is 688. The zero-order valence-electron chi connectivity index (χ0n) is 12.6. The van der Waals surface area contributed by atoms with Gasteiger partial charge in [0.2, 0.25) is 0 Å². The van der Waals surface area contributed by atoms with Crippen molar-refractivity contribution >= 4 is 27.7 Å². The fraction of sp³-hybridized carbons (Fsp3) is 0.375. The minimum atomic E-state index is -0.433. The molecule has 2 aromatic rings. The van der Waals surface area contributed by atoms with Crippen LogP contribution in [0, 0.1) is 0 Å². The van der Waals surface area contributed by atoms with E-state index in [1.165, 1.54) is 0 Å². The largest absolute Gasteiger partial charge is 0.364 e. The van der Waals surface area contributed by atoms with Crippen molar-refractivity contribution in [2.45, 2.75) is 31.6 Å². The second-order valence-electron chi connectivity index (χ2n) is 5.55. The molecule has 7 heteroatoms. The molecule has 1 amide bonds. The van der Waals surface area contributed by atoms with Crippen molar-refractivity contribution in [3.05, 3.63) is 46.6 Å². The fourth-order valence-corrected chi connectivity index (χ4v) is 3.10. The highest BCUT2D eigenvalue weighted by Crippen LogP contribution is 2.21. The third kappa shape index (κ3) is 3.99. The van der Waals surface area contributed by atoms with Crippen LogP contribution >= 0.6 is 15.9 Å². The number of carbonyl (C=O) groups is 1. The number of benzene rings is 1. The molecule has 3 N–H and O–H groups in total. The highest BCUT2D eigenvalue weighted by Gasteiger charge is 2.30. The van der Waals surface area contributed by atoms with Crippen LogP contribution in [0.5, 0.6) is 0 Å². The molecule has 2 heterocycles. The topological polar surface area (TPSA) is 82.2 Å². The Kier molecular flexibility index (Phi) is 5.09. The van der Waals surface area contributed by atoms with Gasteiger partial charge in [-0.2, -0.15) is 5.10 Å². The molecule has 1 fully saturated rings. The maximum atomic E-state index is 12.3. The molecule has 2 atom stereocenters. The van der Waals surface area contributed by atoms with E-state index < -0.39 is 6.10 Å². The number of aromatic nitrogens is 2. The van der Waals surface area contributed by atoms with Crippen LogP contribution in [-0.4, -0.2) is 34.4 Å². The van der Waals surface area contributed by atoms with E-state index in [4.69, 9.17) is 10.5 Å².